The lowest BCUT2D eigenvalue weighted by Gasteiger charge is -2.21. The molecule has 0 spiro atoms. The average Bonchev–Trinajstić information content (AvgIpc) is 2.65. The predicted molar refractivity (Wildman–Crippen MR) is 110 cm³/mol. The summed E-state index contributed by atoms with van der Waals surface area (Å²) < 4.78 is 32.9. The van der Waals surface area contributed by atoms with Gasteiger partial charge in [0.2, 0.25) is 15.9 Å². The molecule has 0 aromatic heterocycles. The lowest BCUT2D eigenvalue weighted by molar-refractivity contribution is -0.118. The minimum atomic E-state index is -3.65. The van der Waals surface area contributed by atoms with Crippen LogP contribution in [0.2, 0.25) is 0 Å². The molecule has 0 aliphatic heterocycles. The van der Waals surface area contributed by atoms with E-state index in [2.05, 4.69) is 5.32 Å². The van der Waals surface area contributed by atoms with Crippen molar-refractivity contribution in [3.8, 4) is 11.5 Å². The number of benzene rings is 2. The zero-order valence-electron chi connectivity index (χ0n) is 16.6. The Bertz CT molecular complexity index is 923. The molecule has 0 saturated carbocycles. The van der Waals surface area contributed by atoms with Crippen molar-refractivity contribution in [2.75, 3.05) is 18.4 Å². The van der Waals surface area contributed by atoms with Gasteiger partial charge in [-0.25, -0.2) is 8.42 Å². The number of nitrogens with zero attached hydrogens (tertiary/aromatic N) is 1. The molecule has 1 atom stereocenters. The number of anilines is 1. The van der Waals surface area contributed by atoms with Crippen LogP contribution in [0.4, 0.5) is 5.69 Å². The number of hydrogen-bond donors (Lipinski definition) is 2. The number of rotatable bonds is 9. The van der Waals surface area contributed by atoms with E-state index in [1.54, 1.807) is 26.8 Å². The molecule has 2 rings (SSSR count). The first-order valence-electron chi connectivity index (χ1n) is 9.13. The Morgan fingerprint density at radius 2 is 1.75 bits per heavy atom. The molecule has 28 heavy (non-hydrogen) atoms. The Labute approximate surface area is 166 Å². The minimum Gasteiger partial charge on any atom is -0.455 e. The van der Waals surface area contributed by atoms with Crippen molar-refractivity contribution < 1.29 is 17.9 Å². The van der Waals surface area contributed by atoms with E-state index in [0.717, 1.165) is 5.56 Å². The molecular weight excluding hydrogens is 378 g/mol. The number of nitrogens with one attached hydrogen (secondary N) is 1. The Kier molecular flexibility index (Phi) is 7.04. The van der Waals surface area contributed by atoms with E-state index in [-0.39, 0.29) is 4.90 Å². The number of nitrogens with two attached hydrogens (primary N) is 1. The third kappa shape index (κ3) is 5.02. The van der Waals surface area contributed by atoms with E-state index < -0.39 is 22.0 Å². The highest BCUT2D eigenvalue weighted by atomic mass is 32.2. The maximum absolute atomic E-state index is 12.8. The summed E-state index contributed by atoms with van der Waals surface area (Å²) in [6, 6.07) is 11.3. The van der Waals surface area contributed by atoms with Crippen LogP contribution < -0.4 is 15.8 Å². The van der Waals surface area contributed by atoms with Gasteiger partial charge in [0.1, 0.15) is 11.8 Å². The van der Waals surface area contributed by atoms with Crippen LogP contribution in [-0.2, 0) is 14.8 Å². The van der Waals surface area contributed by atoms with E-state index in [9.17, 15) is 13.2 Å². The Morgan fingerprint density at radius 3 is 2.29 bits per heavy atom. The molecule has 0 bridgehead atoms. The van der Waals surface area contributed by atoms with Crippen molar-refractivity contribution in [1.29, 1.82) is 0 Å². The van der Waals surface area contributed by atoms with E-state index in [1.165, 1.54) is 16.4 Å². The second-order valence-electron chi connectivity index (χ2n) is 6.43. The SMILES string of the molecule is CCN(CC)S(=O)(=O)c1ccc(Oc2ccc(C)cc2)c(N[C@H](C)C(N)=O)c1. The number of hydrogen-bond acceptors (Lipinski definition) is 5. The monoisotopic (exact) mass is 405 g/mol. The topological polar surface area (TPSA) is 102 Å². The zero-order valence-corrected chi connectivity index (χ0v) is 17.4. The molecule has 0 heterocycles. The van der Waals surface area contributed by atoms with Crippen molar-refractivity contribution >= 4 is 21.6 Å². The number of carbonyl (C=O) groups excluding carboxylic acids is 1. The Morgan fingerprint density at radius 1 is 1.14 bits per heavy atom. The van der Waals surface area contributed by atoms with Crippen molar-refractivity contribution in [3.05, 3.63) is 48.0 Å². The predicted octanol–water partition coefficient (Wildman–Crippen LogP) is 3.10. The van der Waals surface area contributed by atoms with Crippen LogP contribution in [0.5, 0.6) is 11.5 Å². The maximum Gasteiger partial charge on any atom is 0.243 e. The first kappa shape index (κ1) is 21.7. The molecule has 0 unspecified atom stereocenters. The summed E-state index contributed by atoms with van der Waals surface area (Å²) in [6.45, 7) is 7.86. The van der Waals surface area contributed by atoms with Crippen molar-refractivity contribution in [2.24, 2.45) is 5.73 Å². The summed E-state index contributed by atoms with van der Waals surface area (Å²) in [5.74, 6) is 0.438. The van der Waals surface area contributed by atoms with Gasteiger partial charge in [0.25, 0.3) is 0 Å². The molecule has 1 amide bonds. The fourth-order valence-electron chi connectivity index (χ4n) is 2.62. The second-order valence-corrected chi connectivity index (χ2v) is 8.37. The summed E-state index contributed by atoms with van der Waals surface area (Å²) >= 11 is 0. The van der Waals surface area contributed by atoms with Crippen LogP contribution >= 0.6 is 0 Å². The first-order valence-corrected chi connectivity index (χ1v) is 10.6. The fraction of sp³-hybridized carbons (Fsp3) is 0.350. The normalized spacial score (nSPS) is 12.6. The molecule has 2 aromatic carbocycles. The van der Waals surface area contributed by atoms with Gasteiger partial charge in [0, 0.05) is 13.1 Å². The lowest BCUT2D eigenvalue weighted by Crippen LogP contribution is -2.33. The second kappa shape index (κ2) is 9.07. The highest BCUT2D eigenvalue weighted by molar-refractivity contribution is 7.89. The molecular formula is C20H27N3O4S. The minimum absolute atomic E-state index is 0.117. The largest absolute Gasteiger partial charge is 0.455 e. The van der Waals surface area contributed by atoms with Crippen LogP contribution in [-0.4, -0.2) is 37.8 Å². The van der Waals surface area contributed by atoms with Crippen LogP contribution in [0, 0.1) is 6.92 Å². The molecule has 8 heteroatoms. The van der Waals surface area contributed by atoms with Gasteiger partial charge in [-0.2, -0.15) is 4.31 Å². The number of ether oxygens (including phenoxy) is 1. The quantitative estimate of drug-likeness (QED) is 0.667. The molecule has 3 N–H and O–H groups in total. The van der Waals surface area contributed by atoms with Gasteiger partial charge in [0.15, 0.2) is 5.75 Å². The Hall–Kier alpha value is -2.58. The van der Waals surface area contributed by atoms with Gasteiger partial charge in [-0.15, -0.1) is 0 Å². The van der Waals surface area contributed by atoms with Crippen LogP contribution in [0.1, 0.15) is 26.3 Å². The molecule has 0 aliphatic carbocycles. The number of amides is 1. The van der Waals surface area contributed by atoms with E-state index >= 15 is 0 Å². The zero-order chi connectivity index (χ0) is 20.9. The maximum atomic E-state index is 12.8. The van der Waals surface area contributed by atoms with E-state index in [0.29, 0.717) is 30.3 Å². The summed E-state index contributed by atoms with van der Waals surface area (Å²) in [5.41, 5.74) is 6.82. The summed E-state index contributed by atoms with van der Waals surface area (Å²) in [4.78, 5) is 11.6. The third-order valence-electron chi connectivity index (χ3n) is 4.34. The molecule has 0 fully saturated rings. The Balaban J connectivity index is 2.47. The average molecular weight is 406 g/mol. The smallest absolute Gasteiger partial charge is 0.243 e. The number of primary amides is 1. The molecule has 0 aliphatic rings. The molecule has 7 nitrogen and oxygen atoms in total. The van der Waals surface area contributed by atoms with Crippen LogP contribution in [0.3, 0.4) is 0 Å². The molecule has 0 radical (unpaired) electrons. The van der Waals surface area contributed by atoms with Crippen molar-refractivity contribution in [1.82, 2.24) is 4.31 Å². The van der Waals surface area contributed by atoms with Gasteiger partial charge < -0.3 is 15.8 Å². The molecule has 0 saturated heterocycles. The van der Waals surface area contributed by atoms with Gasteiger partial charge in [-0.3, -0.25) is 4.79 Å². The van der Waals surface area contributed by atoms with Crippen molar-refractivity contribution in [2.45, 2.75) is 38.6 Å². The summed E-state index contributed by atoms with van der Waals surface area (Å²) in [5, 5.41) is 2.95. The number of carbonyl (C=O) groups is 1. The number of aryl methyl sites for hydroxylation is 1. The van der Waals surface area contributed by atoms with E-state index in [4.69, 9.17) is 10.5 Å². The van der Waals surface area contributed by atoms with Gasteiger partial charge >= 0.3 is 0 Å². The van der Waals surface area contributed by atoms with E-state index in [1.807, 2.05) is 31.2 Å². The van der Waals surface area contributed by atoms with Crippen LogP contribution in [0.15, 0.2) is 47.4 Å². The standard InChI is InChI=1S/C20H27N3O4S/c1-5-23(6-2)28(25,26)17-11-12-19(18(13-17)22-15(4)20(21)24)27-16-9-7-14(3)8-10-16/h7-13,15,22H,5-6H2,1-4H3,(H2,21,24)/t15-/m1/s1. The number of sulfonamides is 1. The van der Waals surface area contributed by atoms with Gasteiger partial charge in [-0.1, -0.05) is 31.5 Å². The summed E-state index contributed by atoms with van der Waals surface area (Å²) in [6.07, 6.45) is 0. The van der Waals surface area contributed by atoms with Gasteiger partial charge in [-0.05, 0) is 44.2 Å². The molecule has 2 aromatic rings. The van der Waals surface area contributed by atoms with Crippen molar-refractivity contribution in [3.63, 3.8) is 0 Å². The van der Waals surface area contributed by atoms with Crippen LogP contribution in [0.25, 0.3) is 0 Å². The fourth-order valence-corrected chi connectivity index (χ4v) is 4.11. The first-order chi connectivity index (χ1) is 13.2. The summed E-state index contributed by atoms with van der Waals surface area (Å²) in [7, 11) is -3.65. The highest BCUT2D eigenvalue weighted by Gasteiger charge is 2.24. The molecule has 152 valence electrons. The lowest BCUT2D eigenvalue weighted by atomic mass is 10.2. The van der Waals surface area contributed by atoms with Gasteiger partial charge in [0.05, 0.1) is 10.6 Å². The highest BCUT2D eigenvalue weighted by Crippen LogP contribution is 2.33. The third-order valence-corrected chi connectivity index (χ3v) is 6.39.